The molecule has 1 aliphatic rings. The summed E-state index contributed by atoms with van der Waals surface area (Å²) >= 11 is 0. The van der Waals surface area contributed by atoms with Crippen LogP contribution in [0.5, 0.6) is 11.5 Å². The zero-order chi connectivity index (χ0) is 22.6. The first-order valence-electron chi connectivity index (χ1n) is 10.8. The lowest BCUT2D eigenvalue weighted by molar-refractivity contribution is -0.131. The number of rotatable bonds is 7. The summed E-state index contributed by atoms with van der Waals surface area (Å²) in [6.07, 6.45) is 5.10. The smallest absolute Gasteiger partial charge is 0.231 e. The number of ether oxygens (including phenoxy) is 2. The van der Waals surface area contributed by atoms with Crippen LogP contribution >= 0.6 is 0 Å². The number of nitrogens with zero attached hydrogens (tertiary/aromatic N) is 2. The van der Waals surface area contributed by atoms with Gasteiger partial charge in [-0.2, -0.15) is 0 Å². The van der Waals surface area contributed by atoms with Crippen LogP contribution in [0.15, 0.2) is 79.1 Å². The molecule has 4 aromatic rings. The van der Waals surface area contributed by atoms with Gasteiger partial charge >= 0.3 is 0 Å². The Hall–Kier alpha value is -4.19. The largest absolute Gasteiger partial charge is 0.454 e. The molecule has 6 heteroatoms. The molecular weight excluding hydrogens is 414 g/mol. The predicted molar refractivity (Wildman–Crippen MR) is 127 cm³/mol. The standard InChI is InChI=1S/C27H23N3O3/c28-15-22-7-6-21(23-3-1-2-4-24(22)23)14-27(31)30(16-19-9-11-29-12-10-19)17-20-5-8-25-26(13-20)33-18-32-25/h1-13,15,28H,14,16-18H2. The quantitative estimate of drug-likeness (QED) is 0.424. The zero-order valence-electron chi connectivity index (χ0n) is 18.0. The van der Waals surface area contributed by atoms with Crippen LogP contribution in [0.1, 0.15) is 22.3 Å². The van der Waals surface area contributed by atoms with Gasteiger partial charge in [0.25, 0.3) is 0 Å². The van der Waals surface area contributed by atoms with Gasteiger partial charge < -0.3 is 19.8 Å². The maximum Gasteiger partial charge on any atom is 0.231 e. The van der Waals surface area contributed by atoms with Gasteiger partial charge in [-0.15, -0.1) is 0 Å². The second-order valence-corrected chi connectivity index (χ2v) is 7.97. The van der Waals surface area contributed by atoms with Crippen molar-refractivity contribution in [2.45, 2.75) is 19.5 Å². The van der Waals surface area contributed by atoms with Crippen LogP contribution in [0.4, 0.5) is 0 Å². The fourth-order valence-electron chi connectivity index (χ4n) is 4.14. The van der Waals surface area contributed by atoms with Gasteiger partial charge in [0.1, 0.15) is 0 Å². The molecule has 1 N–H and O–H groups in total. The predicted octanol–water partition coefficient (Wildman–Crippen LogP) is 4.73. The molecule has 0 atom stereocenters. The summed E-state index contributed by atoms with van der Waals surface area (Å²) in [6.45, 7) is 1.15. The van der Waals surface area contributed by atoms with Crippen LogP contribution in [0, 0.1) is 5.41 Å². The molecule has 6 nitrogen and oxygen atoms in total. The Balaban J connectivity index is 1.44. The summed E-state index contributed by atoms with van der Waals surface area (Å²) in [4.78, 5) is 19.5. The Bertz CT molecular complexity index is 1320. The van der Waals surface area contributed by atoms with Crippen molar-refractivity contribution < 1.29 is 14.3 Å². The summed E-state index contributed by atoms with van der Waals surface area (Å²) in [5, 5.41) is 9.66. The van der Waals surface area contributed by atoms with Crippen LogP contribution in [0.25, 0.3) is 10.8 Å². The Labute approximate surface area is 191 Å². The van der Waals surface area contributed by atoms with E-state index in [1.54, 1.807) is 12.4 Å². The van der Waals surface area contributed by atoms with Crippen LogP contribution < -0.4 is 9.47 Å². The van der Waals surface area contributed by atoms with E-state index < -0.39 is 0 Å². The third kappa shape index (κ3) is 4.41. The lowest BCUT2D eigenvalue weighted by Crippen LogP contribution is -2.31. The number of hydrogen-bond donors (Lipinski definition) is 1. The highest BCUT2D eigenvalue weighted by Gasteiger charge is 2.19. The molecule has 3 aromatic carbocycles. The molecule has 0 aliphatic carbocycles. The van der Waals surface area contributed by atoms with Crippen molar-refractivity contribution >= 4 is 22.9 Å². The minimum atomic E-state index is 0.0252. The van der Waals surface area contributed by atoms with Crippen LogP contribution in [0.2, 0.25) is 0 Å². The van der Waals surface area contributed by atoms with E-state index in [2.05, 4.69) is 4.98 Å². The third-order valence-electron chi connectivity index (χ3n) is 5.83. The molecule has 1 amide bonds. The van der Waals surface area contributed by atoms with Gasteiger partial charge in [-0.25, -0.2) is 0 Å². The average molecular weight is 437 g/mol. The summed E-state index contributed by atoms with van der Waals surface area (Å²) < 4.78 is 10.9. The Morgan fingerprint density at radius 1 is 0.909 bits per heavy atom. The van der Waals surface area contributed by atoms with E-state index in [1.165, 1.54) is 6.21 Å². The number of benzene rings is 3. The first-order chi connectivity index (χ1) is 16.2. The van der Waals surface area contributed by atoms with Crippen LogP contribution in [-0.4, -0.2) is 28.8 Å². The van der Waals surface area contributed by atoms with E-state index in [0.717, 1.165) is 38.8 Å². The van der Waals surface area contributed by atoms with E-state index in [1.807, 2.05) is 71.6 Å². The van der Waals surface area contributed by atoms with E-state index in [-0.39, 0.29) is 19.1 Å². The highest BCUT2D eigenvalue weighted by molar-refractivity contribution is 6.01. The maximum atomic E-state index is 13.6. The number of carbonyl (C=O) groups excluding carboxylic acids is 1. The number of amides is 1. The molecule has 5 rings (SSSR count). The van der Waals surface area contributed by atoms with Crippen molar-refractivity contribution in [3.63, 3.8) is 0 Å². The highest BCUT2D eigenvalue weighted by Crippen LogP contribution is 2.33. The lowest BCUT2D eigenvalue weighted by Gasteiger charge is -2.24. The minimum Gasteiger partial charge on any atom is -0.454 e. The normalized spacial score (nSPS) is 12.0. The molecule has 2 heterocycles. The van der Waals surface area contributed by atoms with E-state index in [9.17, 15) is 4.79 Å². The summed E-state index contributed by atoms with van der Waals surface area (Å²) in [5.41, 5.74) is 3.79. The van der Waals surface area contributed by atoms with Crippen LogP contribution in [0.3, 0.4) is 0 Å². The van der Waals surface area contributed by atoms with Crippen molar-refractivity contribution in [2.24, 2.45) is 0 Å². The summed E-state index contributed by atoms with van der Waals surface area (Å²) in [6, 6.07) is 21.4. The van der Waals surface area contributed by atoms with E-state index in [0.29, 0.717) is 18.8 Å². The van der Waals surface area contributed by atoms with Gasteiger partial charge in [0.15, 0.2) is 11.5 Å². The fourth-order valence-corrected chi connectivity index (χ4v) is 4.14. The molecule has 0 saturated heterocycles. The van der Waals surface area contributed by atoms with Crippen molar-refractivity contribution in [1.82, 2.24) is 9.88 Å². The van der Waals surface area contributed by atoms with Gasteiger partial charge in [-0.3, -0.25) is 9.78 Å². The Morgan fingerprint density at radius 2 is 1.67 bits per heavy atom. The number of pyridine rings is 1. The van der Waals surface area contributed by atoms with Gasteiger partial charge in [-0.05, 0) is 57.3 Å². The summed E-state index contributed by atoms with van der Waals surface area (Å²) in [7, 11) is 0. The maximum absolute atomic E-state index is 13.6. The topological polar surface area (TPSA) is 75.5 Å². The SMILES string of the molecule is N=Cc1ccc(CC(=O)N(Cc2ccncc2)Cc2ccc3c(c2)OCO3)c2ccccc12. The number of hydrogen-bond acceptors (Lipinski definition) is 5. The molecule has 0 spiro atoms. The van der Waals surface area contributed by atoms with Crippen molar-refractivity contribution in [3.05, 3.63) is 101 Å². The molecule has 0 bridgehead atoms. The Kier molecular flexibility index (Phi) is 5.72. The first-order valence-corrected chi connectivity index (χ1v) is 10.8. The van der Waals surface area contributed by atoms with Crippen molar-refractivity contribution in [2.75, 3.05) is 6.79 Å². The van der Waals surface area contributed by atoms with Gasteiger partial charge in [0, 0.05) is 31.7 Å². The monoisotopic (exact) mass is 437 g/mol. The van der Waals surface area contributed by atoms with Crippen molar-refractivity contribution in [1.29, 1.82) is 5.41 Å². The van der Waals surface area contributed by atoms with E-state index in [4.69, 9.17) is 14.9 Å². The highest BCUT2D eigenvalue weighted by atomic mass is 16.7. The molecule has 0 unspecified atom stereocenters. The van der Waals surface area contributed by atoms with Gasteiger partial charge in [-0.1, -0.05) is 42.5 Å². The molecule has 0 fully saturated rings. The third-order valence-corrected chi connectivity index (χ3v) is 5.83. The van der Waals surface area contributed by atoms with Crippen molar-refractivity contribution in [3.8, 4) is 11.5 Å². The molecule has 33 heavy (non-hydrogen) atoms. The number of fused-ring (bicyclic) bond motifs is 2. The molecule has 1 aromatic heterocycles. The Morgan fingerprint density at radius 3 is 2.48 bits per heavy atom. The van der Waals surface area contributed by atoms with E-state index >= 15 is 0 Å². The average Bonchev–Trinajstić information content (AvgIpc) is 3.32. The minimum absolute atomic E-state index is 0.0252. The second-order valence-electron chi connectivity index (χ2n) is 7.97. The lowest BCUT2D eigenvalue weighted by atomic mass is 9.97. The molecule has 164 valence electrons. The number of carbonyl (C=O) groups is 1. The zero-order valence-corrected chi connectivity index (χ0v) is 18.0. The summed E-state index contributed by atoms with van der Waals surface area (Å²) in [5.74, 6) is 1.46. The molecule has 1 aliphatic heterocycles. The molecule has 0 saturated carbocycles. The fraction of sp³-hybridized carbons (Fsp3) is 0.148. The van der Waals surface area contributed by atoms with Crippen LogP contribution in [-0.2, 0) is 24.3 Å². The number of aromatic nitrogens is 1. The molecule has 0 radical (unpaired) electrons. The number of nitrogens with one attached hydrogen (secondary N) is 1. The van der Waals surface area contributed by atoms with Gasteiger partial charge in [0.2, 0.25) is 12.7 Å². The first kappa shape index (κ1) is 20.7. The second kappa shape index (κ2) is 9.12. The molecular formula is C27H23N3O3. The van der Waals surface area contributed by atoms with Gasteiger partial charge in [0.05, 0.1) is 6.42 Å².